The number of hydrogen-bond acceptors (Lipinski definition) is 6. The molecule has 32 heavy (non-hydrogen) atoms. The molecule has 0 saturated carbocycles. The molecular weight excluding hydrogens is 466 g/mol. The highest BCUT2D eigenvalue weighted by molar-refractivity contribution is 9.10. The molecule has 0 amide bonds. The third kappa shape index (κ3) is 4.00. The molecule has 1 aliphatic heterocycles. The molecule has 0 radical (unpaired) electrons. The Balaban J connectivity index is 1.63. The van der Waals surface area contributed by atoms with Crippen LogP contribution in [0.4, 0.5) is 11.5 Å². The van der Waals surface area contributed by atoms with Gasteiger partial charge < -0.3 is 15.4 Å². The van der Waals surface area contributed by atoms with Gasteiger partial charge in [-0.3, -0.25) is 0 Å². The minimum absolute atomic E-state index is 0.406. The first-order chi connectivity index (χ1) is 15.6. The van der Waals surface area contributed by atoms with Gasteiger partial charge in [-0.2, -0.15) is 0 Å². The highest BCUT2D eigenvalue weighted by Crippen LogP contribution is 2.37. The summed E-state index contributed by atoms with van der Waals surface area (Å²) in [6, 6.07) is 16.6. The monoisotopic (exact) mass is 489 g/mol. The zero-order valence-electron chi connectivity index (χ0n) is 17.9. The zero-order valence-corrected chi connectivity index (χ0v) is 19.5. The Bertz CT molecular complexity index is 1270. The lowest BCUT2D eigenvalue weighted by Gasteiger charge is -2.28. The third-order valence-corrected chi connectivity index (χ3v) is 6.39. The van der Waals surface area contributed by atoms with Gasteiger partial charge in [-0.1, -0.05) is 28.1 Å². The predicted molar refractivity (Wildman–Crippen MR) is 133 cm³/mol. The number of anilines is 2. The molecule has 1 aliphatic rings. The standard InChI is InChI=1S/C25H24BrN5O/c1-32-20-12-17(11-18(26)13-20)21-14-22(30-25-23(21)24(27)28-15-29-25)16-5-7-19(8-6-16)31-9-3-2-4-10-31/h5-8,11-15H,2-4,9-10H2,1H3,(H2,27,28,29,30). The number of aromatic nitrogens is 3. The van der Waals surface area contributed by atoms with Gasteiger partial charge >= 0.3 is 0 Å². The first-order valence-electron chi connectivity index (χ1n) is 10.7. The second kappa shape index (κ2) is 8.74. The number of rotatable bonds is 4. The summed E-state index contributed by atoms with van der Waals surface area (Å²) in [6.07, 6.45) is 5.30. The summed E-state index contributed by atoms with van der Waals surface area (Å²) in [6.45, 7) is 2.25. The minimum Gasteiger partial charge on any atom is -0.497 e. The van der Waals surface area contributed by atoms with Crippen LogP contribution in [0.1, 0.15) is 19.3 Å². The Hall–Kier alpha value is -3.19. The summed E-state index contributed by atoms with van der Waals surface area (Å²) in [5, 5.41) is 0.737. The van der Waals surface area contributed by atoms with Gasteiger partial charge in [0.15, 0.2) is 5.65 Å². The number of nitrogens with zero attached hydrogens (tertiary/aromatic N) is 4. The molecule has 2 N–H and O–H groups in total. The Morgan fingerprint density at radius 3 is 2.47 bits per heavy atom. The minimum atomic E-state index is 0.406. The van der Waals surface area contributed by atoms with Gasteiger partial charge in [-0.05, 0) is 66.8 Å². The number of ether oxygens (including phenoxy) is 1. The third-order valence-electron chi connectivity index (χ3n) is 5.94. The largest absolute Gasteiger partial charge is 0.497 e. The topological polar surface area (TPSA) is 77.2 Å². The molecule has 1 saturated heterocycles. The second-order valence-corrected chi connectivity index (χ2v) is 8.90. The van der Waals surface area contributed by atoms with E-state index >= 15 is 0 Å². The molecule has 0 unspecified atom stereocenters. The number of benzene rings is 2. The highest BCUT2D eigenvalue weighted by atomic mass is 79.9. The van der Waals surface area contributed by atoms with Crippen molar-refractivity contribution in [2.24, 2.45) is 0 Å². The molecule has 162 valence electrons. The van der Waals surface area contributed by atoms with Crippen LogP contribution in [-0.4, -0.2) is 35.2 Å². The number of hydrogen-bond donors (Lipinski definition) is 1. The average Bonchev–Trinajstić information content (AvgIpc) is 2.84. The number of halogens is 1. The van der Waals surface area contributed by atoms with Crippen LogP contribution < -0.4 is 15.4 Å². The fourth-order valence-electron chi connectivity index (χ4n) is 4.29. The van der Waals surface area contributed by atoms with Gasteiger partial charge in [0.1, 0.15) is 17.9 Å². The number of methoxy groups -OCH3 is 1. The van der Waals surface area contributed by atoms with Crippen LogP contribution in [0.2, 0.25) is 0 Å². The molecular formula is C25H24BrN5O. The summed E-state index contributed by atoms with van der Waals surface area (Å²) < 4.78 is 6.39. The van der Waals surface area contributed by atoms with Gasteiger partial charge in [0.2, 0.25) is 0 Å². The summed E-state index contributed by atoms with van der Waals surface area (Å²) >= 11 is 3.58. The van der Waals surface area contributed by atoms with Crippen molar-refractivity contribution in [1.29, 1.82) is 0 Å². The zero-order chi connectivity index (χ0) is 22.1. The summed E-state index contributed by atoms with van der Waals surface area (Å²) in [5.41, 5.74) is 11.8. The van der Waals surface area contributed by atoms with E-state index in [9.17, 15) is 0 Å². The van der Waals surface area contributed by atoms with E-state index in [4.69, 9.17) is 15.5 Å². The van der Waals surface area contributed by atoms with E-state index in [0.29, 0.717) is 11.5 Å². The number of fused-ring (bicyclic) bond motifs is 1. The van der Waals surface area contributed by atoms with E-state index in [2.05, 4.69) is 61.1 Å². The van der Waals surface area contributed by atoms with Crippen molar-refractivity contribution in [1.82, 2.24) is 15.0 Å². The molecule has 2 aromatic carbocycles. The van der Waals surface area contributed by atoms with Crippen LogP contribution >= 0.6 is 15.9 Å². The normalized spacial score (nSPS) is 14.0. The van der Waals surface area contributed by atoms with E-state index in [-0.39, 0.29) is 0 Å². The van der Waals surface area contributed by atoms with Crippen LogP contribution in [0.15, 0.2) is 59.3 Å². The molecule has 4 aromatic rings. The predicted octanol–water partition coefficient (Wildman–Crippen LogP) is 5.70. The van der Waals surface area contributed by atoms with Gasteiger partial charge in [-0.15, -0.1) is 0 Å². The first-order valence-corrected chi connectivity index (χ1v) is 11.5. The molecule has 0 bridgehead atoms. The number of piperidine rings is 1. The van der Waals surface area contributed by atoms with Crippen molar-refractivity contribution in [3.63, 3.8) is 0 Å². The second-order valence-electron chi connectivity index (χ2n) is 7.99. The van der Waals surface area contributed by atoms with E-state index in [1.807, 2.05) is 18.2 Å². The fraction of sp³-hybridized carbons (Fsp3) is 0.240. The van der Waals surface area contributed by atoms with E-state index < -0.39 is 0 Å². The van der Waals surface area contributed by atoms with Crippen molar-refractivity contribution < 1.29 is 4.74 Å². The summed E-state index contributed by atoms with van der Waals surface area (Å²) in [7, 11) is 1.66. The number of nitrogen functional groups attached to an aromatic ring is 1. The van der Waals surface area contributed by atoms with Crippen molar-refractivity contribution in [2.45, 2.75) is 19.3 Å². The Morgan fingerprint density at radius 1 is 0.938 bits per heavy atom. The van der Waals surface area contributed by atoms with Crippen LogP contribution in [0.5, 0.6) is 5.75 Å². The van der Waals surface area contributed by atoms with Crippen LogP contribution in [0, 0.1) is 0 Å². The molecule has 0 atom stereocenters. The Kier molecular flexibility index (Phi) is 5.66. The van der Waals surface area contributed by atoms with Crippen LogP contribution in [0.3, 0.4) is 0 Å². The van der Waals surface area contributed by atoms with Gasteiger partial charge in [0, 0.05) is 28.8 Å². The molecule has 0 spiro atoms. The van der Waals surface area contributed by atoms with Gasteiger partial charge in [0.25, 0.3) is 0 Å². The molecule has 0 aliphatic carbocycles. The maximum Gasteiger partial charge on any atom is 0.165 e. The number of nitrogens with two attached hydrogens (primary N) is 1. The van der Waals surface area contributed by atoms with Crippen LogP contribution in [0.25, 0.3) is 33.4 Å². The molecule has 1 fully saturated rings. The van der Waals surface area contributed by atoms with Crippen molar-refractivity contribution >= 4 is 38.5 Å². The van der Waals surface area contributed by atoms with E-state index in [1.54, 1.807) is 7.11 Å². The lowest BCUT2D eigenvalue weighted by molar-refractivity contribution is 0.414. The SMILES string of the molecule is COc1cc(Br)cc(-c2cc(-c3ccc(N4CCCCC4)cc3)nc3ncnc(N)c23)c1. The molecule has 5 rings (SSSR count). The smallest absolute Gasteiger partial charge is 0.165 e. The average molecular weight is 490 g/mol. The maximum atomic E-state index is 6.25. The Morgan fingerprint density at radius 2 is 1.72 bits per heavy atom. The quantitative estimate of drug-likeness (QED) is 0.395. The number of pyridine rings is 1. The molecule has 7 heteroatoms. The van der Waals surface area contributed by atoms with E-state index in [0.717, 1.165) is 51.1 Å². The summed E-state index contributed by atoms with van der Waals surface area (Å²) in [5.74, 6) is 1.16. The Labute approximate surface area is 195 Å². The lowest BCUT2D eigenvalue weighted by atomic mass is 9.99. The fourth-order valence-corrected chi connectivity index (χ4v) is 4.77. The van der Waals surface area contributed by atoms with Crippen molar-refractivity contribution in [2.75, 3.05) is 30.8 Å². The van der Waals surface area contributed by atoms with Crippen LogP contribution in [-0.2, 0) is 0 Å². The lowest BCUT2D eigenvalue weighted by Crippen LogP contribution is -2.29. The maximum absolute atomic E-state index is 6.25. The van der Waals surface area contributed by atoms with E-state index in [1.165, 1.54) is 31.3 Å². The molecule has 3 heterocycles. The van der Waals surface area contributed by atoms with Gasteiger partial charge in [0.05, 0.1) is 18.2 Å². The van der Waals surface area contributed by atoms with Crippen molar-refractivity contribution in [3.8, 4) is 28.1 Å². The summed E-state index contributed by atoms with van der Waals surface area (Å²) in [4.78, 5) is 15.9. The highest BCUT2D eigenvalue weighted by Gasteiger charge is 2.16. The van der Waals surface area contributed by atoms with Gasteiger partial charge in [-0.25, -0.2) is 15.0 Å². The van der Waals surface area contributed by atoms with Crippen molar-refractivity contribution in [3.05, 3.63) is 59.3 Å². The molecule has 2 aromatic heterocycles. The first kappa shape index (κ1) is 20.7. The molecule has 6 nitrogen and oxygen atoms in total.